The predicted octanol–water partition coefficient (Wildman–Crippen LogP) is 2.59. The lowest BCUT2D eigenvalue weighted by Crippen LogP contribution is -2.46. The number of allylic oxidation sites excluding steroid dienone is 1. The van der Waals surface area contributed by atoms with E-state index >= 15 is 0 Å². The predicted molar refractivity (Wildman–Crippen MR) is 143 cm³/mol. The fourth-order valence-electron chi connectivity index (χ4n) is 4.93. The van der Waals surface area contributed by atoms with Gasteiger partial charge in [0.2, 0.25) is 0 Å². The monoisotopic (exact) mass is 540 g/mol. The van der Waals surface area contributed by atoms with Gasteiger partial charge in [-0.1, -0.05) is 6.08 Å². The molecule has 3 aromatic rings. The molecule has 38 heavy (non-hydrogen) atoms. The molecular weight excluding hydrogens is 512 g/mol. The van der Waals surface area contributed by atoms with E-state index in [4.69, 9.17) is 9.47 Å². The number of hydrogen-bond acceptors (Lipinski definition) is 7. The molecule has 0 amide bonds. The lowest BCUT2D eigenvalue weighted by molar-refractivity contribution is -0.135. The van der Waals surface area contributed by atoms with Crippen molar-refractivity contribution in [1.82, 2.24) is 18.8 Å². The molecule has 0 N–H and O–H groups in total. The molecule has 0 spiro atoms. The van der Waals surface area contributed by atoms with Crippen LogP contribution in [-0.4, -0.2) is 56.8 Å². The molecule has 0 saturated carbocycles. The fraction of sp³-hybridized carbons (Fsp3) is 0.333. The smallest absolute Gasteiger partial charge is 0.352 e. The summed E-state index contributed by atoms with van der Waals surface area (Å²) < 4.78 is 15.7. The molecule has 5 rings (SSSR count). The summed E-state index contributed by atoms with van der Waals surface area (Å²) in [6.45, 7) is 5.59. The highest BCUT2D eigenvalue weighted by atomic mass is 35.5. The van der Waals surface area contributed by atoms with E-state index in [9.17, 15) is 19.2 Å². The zero-order valence-electron chi connectivity index (χ0n) is 21.8. The van der Waals surface area contributed by atoms with E-state index in [-0.39, 0.29) is 31.3 Å². The minimum atomic E-state index is -0.782. The number of ether oxygens (including phenoxy) is 2. The number of likely N-dealkylation sites (N-methyl/N-ethyl adjacent to an activating group) is 1. The van der Waals surface area contributed by atoms with E-state index < -0.39 is 29.0 Å². The van der Waals surface area contributed by atoms with Crippen molar-refractivity contribution < 1.29 is 19.1 Å². The van der Waals surface area contributed by atoms with Crippen LogP contribution in [-0.2, 0) is 11.3 Å². The molecule has 1 aromatic heterocycles. The van der Waals surface area contributed by atoms with Gasteiger partial charge in [-0.3, -0.25) is 14.5 Å². The molecule has 1 atom stereocenters. The Balaban J connectivity index is 0.00000336. The highest BCUT2D eigenvalue weighted by molar-refractivity contribution is 5.94. The summed E-state index contributed by atoms with van der Waals surface area (Å²) in [5.41, 5.74) is 0.645. The molecular formula is C27H29ClN4O6. The summed E-state index contributed by atoms with van der Waals surface area (Å²) in [7, 11) is 3.55. The second-order valence-electron chi connectivity index (χ2n) is 10.0. The standard InChI is InChI=1S/C27H28N4O6.ClH/c1-16(32)17-6-8-18(9-7-17)30-25(34)29-13-12-21-24(31(29)26(30)35)20-11-10-19(36-23(33)15-28(4)5)14-22(20)37-27(21,2)3;/h6-12,14,24H,13,15H2,1-5H3;1H. The number of Topliss-reactive ketones (excluding diaryl/α,β-unsaturated/α-hetero) is 1. The van der Waals surface area contributed by atoms with Crippen LogP contribution in [0.5, 0.6) is 11.5 Å². The average molecular weight is 541 g/mol. The van der Waals surface area contributed by atoms with Gasteiger partial charge in [-0.2, -0.15) is 0 Å². The normalized spacial score (nSPS) is 16.8. The maximum Gasteiger partial charge on any atom is 0.352 e. The van der Waals surface area contributed by atoms with Crippen LogP contribution in [0, 0.1) is 0 Å². The fourth-order valence-corrected chi connectivity index (χ4v) is 4.93. The summed E-state index contributed by atoms with van der Waals surface area (Å²) in [5, 5.41) is 0. The number of benzene rings is 2. The number of halogens is 1. The Morgan fingerprint density at radius 2 is 1.76 bits per heavy atom. The third kappa shape index (κ3) is 4.50. The molecule has 0 aliphatic carbocycles. The van der Waals surface area contributed by atoms with Crippen molar-refractivity contribution in [2.24, 2.45) is 0 Å². The van der Waals surface area contributed by atoms with Crippen molar-refractivity contribution >= 4 is 24.2 Å². The molecule has 200 valence electrons. The lowest BCUT2D eigenvalue weighted by Gasteiger charge is -2.42. The van der Waals surface area contributed by atoms with Crippen molar-refractivity contribution in [2.45, 2.75) is 39.0 Å². The summed E-state index contributed by atoms with van der Waals surface area (Å²) in [6, 6.07) is 10.9. The molecule has 2 aliphatic rings. The molecule has 1 unspecified atom stereocenters. The quantitative estimate of drug-likeness (QED) is 0.212. The van der Waals surface area contributed by atoms with Crippen LogP contribution in [0.2, 0.25) is 0 Å². The first-order chi connectivity index (χ1) is 17.5. The summed E-state index contributed by atoms with van der Waals surface area (Å²) >= 11 is 0. The molecule has 0 radical (unpaired) electrons. The van der Waals surface area contributed by atoms with Crippen molar-refractivity contribution in [2.75, 3.05) is 20.6 Å². The molecule has 0 saturated heterocycles. The largest absolute Gasteiger partial charge is 0.483 e. The summed E-state index contributed by atoms with van der Waals surface area (Å²) in [5.74, 6) is 0.288. The van der Waals surface area contributed by atoms with E-state index in [2.05, 4.69) is 0 Å². The van der Waals surface area contributed by atoms with Crippen LogP contribution in [0.15, 0.2) is 63.7 Å². The van der Waals surface area contributed by atoms with Gasteiger partial charge in [0.25, 0.3) is 0 Å². The minimum Gasteiger partial charge on any atom is -0.483 e. The van der Waals surface area contributed by atoms with Crippen LogP contribution in [0.1, 0.15) is 42.7 Å². The van der Waals surface area contributed by atoms with Crippen molar-refractivity contribution in [1.29, 1.82) is 0 Å². The third-order valence-corrected chi connectivity index (χ3v) is 6.63. The molecule has 2 aromatic carbocycles. The molecule has 0 bridgehead atoms. The highest BCUT2D eigenvalue weighted by Gasteiger charge is 2.44. The second kappa shape index (κ2) is 9.77. The Morgan fingerprint density at radius 1 is 1.08 bits per heavy atom. The van der Waals surface area contributed by atoms with Crippen LogP contribution in [0.25, 0.3) is 5.69 Å². The maximum atomic E-state index is 13.7. The first kappa shape index (κ1) is 27.2. The average Bonchev–Trinajstić information content (AvgIpc) is 3.08. The number of carbonyl (C=O) groups is 2. The van der Waals surface area contributed by atoms with E-state index in [1.807, 2.05) is 19.9 Å². The molecule has 0 fully saturated rings. The molecule has 10 nitrogen and oxygen atoms in total. The van der Waals surface area contributed by atoms with Gasteiger partial charge >= 0.3 is 17.3 Å². The zero-order valence-corrected chi connectivity index (χ0v) is 22.6. The molecule has 3 heterocycles. The lowest BCUT2D eigenvalue weighted by atomic mass is 9.83. The van der Waals surface area contributed by atoms with Crippen LogP contribution >= 0.6 is 12.4 Å². The van der Waals surface area contributed by atoms with Crippen molar-refractivity contribution in [3.8, 4) is 17.2 Å². The van der Waals surface area contributed by atoms with Gasteiger partial charge in [-0.15, -0.1) is 12.4 Å². The maximum absolute atomic E-state index is 13.7. The Morgan fingerprint density at radius 3 is 2.39 bits per heavy atom. The van der Waals surface area contributed by atoms with Crippen LogP contribution in [0.3, 0.4) is 0 Å². The van der Waals surface area contributed by atoms with Crippen molar-refractivity contribution in [3.63, 3.8) is 0 Å². The van der Waals surface area contributed by atoms with Gasteiger partial charge in [-0.25, -0.2) is 23.5 Å². The summed E-state index contributed by atoms with van der Waals surface area (Å²) in [4.78, 5) is 52.7. The number of fused-ring (bicyclic) bond motifs is 5. The molecule has 2 aliphatic heterocycles. The zero-order chi connectivity index (χ0) is 26.6. The van der Waals surface area contributed by atoms with Gasteiger partial charge in [0.05, 0.1) is 18.8 Å². The van der Waals surface area contributed by atoms with Gasteiger partial charge in [-0.05, 0) is 76.8 Å². The first-order valence-corrected chi connectivity index (χ1v) is 11.9. The van der Waals surface area contributed by atoms with E-state index in [0.717, 1.165) is 10.1 Å². The number of aromatic nitrogens is 3. The Kier molecular flexibility index (Phi) is 6.98. The highest BCUT2D eigenvalue weighted by Crippen LogP contribution is 2.47. The Hall–Kier alpha value is -3.89. The van der Waals surface area contributed by atoms with E-state index in [0.29, 0.717) is 28.3 Å². The third-order valence-electron chi connectivity index (χ3n) is 6.63. The number of rotatable bonds is 5. The number of carbonyl (C=O) groups excluding carboxylic acids is 2. The number of ketones is 1. The van der Waals surface area contributed by atoms with E-state index in [1.165, 1.54) is 16.3 Å². The van der Waals surface area contributed by atoms with E-state index in [1.54, 1.807) is 61.5 Å². The van der Waals surface area contributed by atoms with Gasteiger partial charge in [0.1, 0.15) is 23.1 Å². The molecule has 11 heteroatoms. The number of esters is 1. The van der Waals surface area contributed by atoms with Crippen LogP contribution < -0.4 is 20.9 Å². The number of nitrogens with zero attached hydrogens (tertiary/aromatic N) is 4. The van der Waals surface area contributed by atoms with Crippen molar-refractivity contribution in [3.05, 3.63) is 86.2 Å². The second-order valence-corrected chi connectivity index (χ2v) is 10.0. The Labute approximate surface area is 225 Å². The first-order valence-electron chi connectivity index (χ1n) is 11.9. The van der Waals surface area contributed by atoms with Gasteiger partial charge in [0.15, 0.2) is 5.78 Å². The Bertz CT molecular complexity index is 1580. The van der Waals surface area contributed by atoms with Gasteiger partial charge in [0, 0.05) is 17.2 Å². The SMILES string of the molecule is CC(=O)c1ccc(-n2c(=O)n3n(c2=O)C2C(=CC3)C(C)(C)Oc3cc(OC(=O)CN(C)C)ccc32)cc1.Cl. The summed E-state index contributed by atoms with van der Waals surface area (Å²) in [6.07, 6.45) is 1.92. The van der Waals surface area contributed by atoms with Crippen LogP contribution in [0.4, 0.5) is 0 Å². The number of hydrogen-bond donors (Lipinski definition) is 0. The topological polar surface area (TPSA) is 105 Å². The minimum absolute atomic E-state index is 0. The van der Waals surface area contributed by atoms with Gasteiger partial charge < -0.3 is 9.47 Å².